The molecule has 0 aliphatic carbocycles. The maximum atomic E-state index is 12.9. The van der Waals surface area contributed by atoms with Crippen molar-refractivity contribution in [2.75, 3.05) is 32.0 Å². The van der Waals surface area contributed by atoms with E-state index in [1.54, 1.807) is 18.6 Å². The number of ether oxygens (including phenoxy) is 1. The lowest BCUT2D eigenvalue weighted by molar-refractivity contribution is 0.0180. The summed E-state index contributed by atoms with van der Waals surface area (Å²) in [7, 11) is 2.16. The Labute approximate surface area is 230 Å². The highest BCUT2D eigenvalue weighted by molar-refractivity contribution is 6.04. The number of aromatic nitrogens is 4. The Bertz CT molecular complexity index is 1300. The Hall–Kier alpha value is -3.40. The number of pyridine rings is 1. The van der Waals surface area contributed by atoms with E-state index in [2.05, 4.69) is 38.4 Å². The Morgan fingerprint density at radius 2 is 1.92 bits per heavy atom. The van der Waals surface area contributed by atoms with Gasteiger partial charge in [0.2, 0.25) is 0 Å². The number of likely N-dealkylation sites (tertiary alicyclic amines) is 2. The second-order valence-electron chi connectivity index (χ2n) is 12.0. The standard InChI is InChI=1S/C29H41N7O3/c1-29(2,3)39-28(38)35-13-9-20(10-14-35)7-5-12-36-19-22(18-31-36)27(37)33-26-16-23-21(17-30-26)15-24(32-23)25-8-6-11-34(25)4/h15-20,25,32H,5-14H2,1-4H3,(H,30,33,37). The minimum Gasteiger partial charge on any atom is -0.444 e. The first-order valence-corrected chi connectivity index (χ1v) is 14.2. The average Bonchev–Trinajstić information content (AvgIpc) is 3.62. The number of nitrogens with zero attached hydrogens (tertiary/aromatic N) is 5. The number of aryl methyl sites for hydroxylation is 1. The second kappa shape index (κ2) is 11.4. The van der Waals surface area contributed by atoms with Crippen molar-refractivity contribution in [3.8, 4) is 0 Å². The molecule has 1 unspecified atom stereocenters. The zero-order valence-electron chi connectivity index (χ0n) is 23.6. The predicted molar refractivity (Wildman–Crippen MR) is 151 cm³/mol. The van der Waals surface area contributed by atoms with E-state index in [1.807, 2.05) is 36.4 Å². The lowest BCUT2D eigenvalue weighted by atomic mass is 9.92. The normalized spacial score (nSPS) is 19.1. The molecule has 2 fully saturated rings. The monoisotopic (exact) mass is 535 g/mol. The number of hydrogen-bond acceptors (Lipinski definition) is 6. The number of H-pyrrole nitrogens is 1. The predicted octanol–water partition coefficient (Wildman–Crippen LogP) is 5.21. The van der Waals surface area contributed by atoms with Gasteiger partial charge in [0, 0.05) is 55.2 Å². The molecule has 5 heterocycles. The van der Waals surface area contributed by atoms with Crippen molar-refractivity contribution in [2.45, 2.75) is 77.5 Å². The van der Waals surface area contributed by atoms with Crippen molar-refractivity contribution < 1.29 is 14.3 Å². The molecule has 2 saturated heterocycles. The van der Waals surface area contributed by atoms with Crippen LogP contribution in [0.4, 0.5) is 10.6 Å². The Balaban J connectivity index is 1.08. The van der Waals surface area contributed by atoms with E-state index in [1.165, 1.54) is 12.1 Å². The number of hydrogen-bond donors (Lipinski definition) is 2. The zero-order valence-corrected chi connectivity index (χ0v) is 23.6. The molecule has 1 atom stereocenters. The fourth-order valence-electron chi connectivity index (χ4n) is 5.66. The van der Waals surface area contributed by atoms with Gasteiger partial charge in [-0.25, -0.2) is 9.78 Å². The Kier molecular flexibility index (Phi) is 7.93. The van der Waals surface area contributed by atoms with Gasteiger partial charge in [-0.05, 0) is 84.9 Å². The van der Waals surface area contributed by atoms with Gasteiger partial charge in [0.15, 0.2) is 0 Å². The van der Waals surface area contributed by atoms with E-state index < -0.39 is 5.60 Å². The number of amides is 2. The number of carbonyl (C=O) groups excluding carboxylic acids is 2. The molecule has 2 aliphatic rings. The summed E-state index contributed by atoms with van der Waals surface area (Å²) < 4.78 is 7.32. The SMILES string of the molecule is CN1CCCC1c1cc2cnc(NC(=O)c3cnn(CCCC4CCN(C(=O)OC(C)(C)C)CC4)c3)cc2[nH]1. The molecule has 39 heavy (non-hydrogen) atoms. The first-order chi connectivity index (χ1) is 18.6. The van der Waals surface area contributed by atoms with E-state index >= 15 is 0 Å². The van der Waals surface area contributed by atoms with Gasteiger partial charge >= 0.3 is 6.09 Å². The molecule has 5 rings (SSSR count). The number of aromatic amines is 1. The summed E-state index contributed by atoms with van der Waals surface area (Å²) in [5, 5.41) is 8.35. The highest BCUT2D eigenvalue weighted by Gasteiger charge is 2.27. The molecular formula is C29H41N7O3. The number of carbonyl (C=O) groups is 2. The van der Waals surface area contributed by atoms with Crippen LogP contribution in [0, 0.1) is 5.92 Å². The van der Waals surface area contributed by atoms with Crippen molar-refractivity contribution in [1.82, 2.24) is 29.5 Å². The molecule has 210 valence electrons. The fourth-order valence-corrected chi connectivity index (χ4v) is 5.66. The third-order valence-electron chi connectivity index (χ3n) is 7.81. The number of fused-ring (bicyclic) bond motifs is 1. The molecule has 0 bridgehead atoms. The molecule has 0 spiro atoms. The van der Waals surface area contributed by atoms with Crippen LogP contribution in [0.1, 0.15) is 81.4 Å². The lowest BCUT2D eigenvalue weighted by Gasteiger charge is -2.33. The smallest absolute Gasteiger partial charge is 0.410 e. The highest BCUT2D eigenvalue weighted by Crippen LogP contribution is 2.32. The summed E-state index contributed by atoms with van der Waals surface area (Å²) in [6, 6.07) is 4.46. The summed E-state index contributed by atoms with van der Waals surface area (Å²) >= 11 is 0. The quantitative estimate of drug-likeness (QED) is 0.430. The number of nitrogens with one attached hydrogen (secondary N) is 2. The van der Waals surface area contributed by atoms with E-state index in [-0.39, 0.29) is 12.0 Å². The van der Waals surface area contributed by atoms with Crippen LogP contribution in [0.15, 0.2) is 30.7 Å². The molecule has 2 N–H and O–H groups in total. The van der Waals surface area contributed by atoms with Gasteiger partial charge in [-0.15, -0.1) is 0 Å². The molecule has 10 heteroatoms. The third-order valence-corrected chi connectivity index (χ3v) is 7.81. The van der Waals surface area contributed by atoms with Gasteiger partial charge < -0.3 is 19.9 Å². The third kappa shape index (κ3) is 6.79. The summed E-state index contributed by atoms with van der Waals surface area (Å²) in [5.74, 6) is 0.890. The van der Waals surface area contributed by atoms with Gasteiger partial charge in [0.1, 0.15) is 11.4 Å². The lowest BCUT2D eigenvalue weighted by Crippen LogP contribution is -2.41. The molecular weight excluding hydrogens is 494 g/mol. The van der Waals surface area contributed by atoms with Crippen molar-refractivity contribution in [2.24, 2.45) is 5.92 Å². The van der Waals surface area contributed by atoms with Crippen molar-refractivity contribution >= 4 is 28.7 Å². The van der Waals surface area contributed by atoms with E-state index in [9.17, 15) is 9.59 Å². The average molecular weight is 536 g/mol. The van der Waals surface area contributed by atoms with Gasteiger partial charge in [-0.3, -0.25) is 14.4 Å². The largest absolute Gasteiger partial charge is 0.444 e. The molecule has 10 nitrogen and oxygen atoms in total. The van der Waals surface area contributed by atoms with Crippen LogP contribution in [0.25, 0.3) is 10.9 Å². The molecule has 0 aromatic carbocycles. The molecule has 0 saturated carbocycles. The minimum absolute atomic E-state index is 0.215. The van der Waals surface area contributed by atoms with Crippen LogP contribution in [-0.4, -0.2) is 73.8 Å². The van der Waals surface area contributed by atoms with Crippen LogP contribution < -0.4 is 5.32 Å². The second-order valence-corrected chi connectivity index (χ2v) is 12.0. The van der Waals surface area contributed by atoms with Crippen molar-refractivity contribution in [1.29, 1.82) is 0 Å². The first kappa shape index (κ1) is 27.2. The maximum absolute atomic E-state index is 12.9. The summed E-state index contributed by atoms with van der Waals surface area (Å²) in [4.78, 5) is 37.3. The van der Waals surface area contributed by atoms with Crippen LogP contribution in [0.3, 0.4) is 0 Å². The Morgan fingerprint density at radius 1 is 1.13 bits per heavy atom. The van der Waals surface area contributed by atoms with Crippen LogP contribution in [-0.2, 0) is 11.3 Å². The highest BCUT2D eigenvalue weighted by atomic mass is 16.6. The number of rotatable bonds is 7. The van der Waals surface area contributed by atoms with Gasteiger partial charge in [-0.2, -0.15) is 5.10 Å². The van der Waals surface area contributed by atoms with Gasteiger partial charge in [-0.1, -0.05) is 0 Å². The van der Waals surface area contributed by atoms with Crippen LogP contribution >= 0.6 is 0 Å². The van der Waals surface area contributed by atoms with Crippen molar-refractivity contribution in [3.05, 3.63) is 42.0 Å². The minimum atomic E-state index is -0.462. The van der Waals surface area contributed by atoms with Crippen molar-refractivity contribution in [3.63, 3.8) is 0 Å². The van der Waals surface area contributed by atoms with E-state index in [4.69, 9.17) is 4.74 Å². The van der Waals surface area contributed by atoms with E-state index in [0.717, 1.165) is 69.2 Å². The summed E-state index contributed by atoms with van der Waals surface area (Å²) in [5.41, 5.74) is 2.23. The van der Waals surface area contributed by atoms with E-state index in [0.29, 0.717) is 23.3 Å². The molecule has 3 aromatic rings. The van der Waals surface area contributed by atoms with Gasteiger partial charge in [0.25, 0.3) is 5.91 Å². The summed E-state index contributed by atoms with van der Waals surface area (Å²) in [6.45, 7) is 9.04. The molecule has 2 aliphatic heterocycles. The first-order valence-electron chi connectivity index (χ1n) is 14.2. The Morgan fingerprint density at radius 3 is 2.64 bits per heavy atom. The number of anilines is 1. The zero-order chi connectivity index (χ0) is 27.6. The van der Waals surface area contributed by atoms with Crippen LogP contribution in [0.5, 0.6) is 0 Å². The summed E-state index contributed by atoms with van der Waals surface area (Å²) in [6.07, 6.45) is 11.4. The molecule has 0 radical (unpaired) electrons. The topological polar surface area (TPSA) is 108 Å². The van der Waals surface area contributed by atoms with Crippen LogP contribution in [0.2, 0.25) is 0 Å². The number of piperidine rings is 1. The molecule has 2 amide bonds. The fraction of sp³-hybridized carbons (Fsp3) is 0.586. The van der Waals surface area contributed by atoms with Gasteiger partial charge in [0.05, 0.1) is 17.3 Å². The molecule has 3 aromatic heterocycles. The maximum Gasteiger partial charge on any atom is 0.410 e.